The second kappa shape index (κ2) is 6.05. The van der Waals surface area contributed by atoms with Crippen molar-refractivity contribution in [2.45, 2.75) is 13.3 Å². The summed E-state index contributed by atoms with van der Waals surface area (Å²) in [6.07, 6.45) is 0.186. The molecule has 0 unspecified atom stereocenters. The maximum Gasteiger partial charge on any atom is 0.231 e. The normalized spacial score (nSPS) is 17.2. The number of carbonyl (C=O) groups excluding carboxylic acids is 2. The van der Waals surface area contributed by atoms with Crippen LogP contribution in [0, 0.1) is 12.8 Å². The number of benzene rings is 2. The van der Waals surface area contributed by atoms with Crippen LogP contribution in [0.4, 0.5) is 11.5 Å². The lowest BCUT2D eigenvalue weighted by Gasteiger charge is -2.18. The second-order valence-electron chi connectivity index (χ2n) is 6.22. The molecule has 6 nitrogen and oxygen atoms in total. The summed E-state index contributed by atoms with van der Waals surface area (Å²) < 4.78 is 4.95. The van der Waals surface area contributed by atoms with Crippen LogP contribution >= 0.6 is 0 Å². The summed E-state index contributed by atoms with van der Waals surface area (Å²) >= 11 is 0. The Morgan fingerprint density at radius 3 is 2.84 bits per heavy atom. The van der Waals surface area contributed by atoms with Gasteiger partial charge in [0.15, 0.2) is 5.82 Å². The number of nitrogens with zero attached hydrogens (tertiary/aromatic N) is 2. The number of carbonyl (C=O) groups is 2. The van der Waals surface area contributed by atoms with Crippen molar-refractivity contribution in [2.24, 2.45) is 5.92 Å². The topological polar surface area (TPSA) is 75.4 Å². The van der Waals surface area contributed by atoms with E-state index in [-0.39, 0.29) is 18.2 Å². The van der Waals surface area contributed by atoms with E-state index < -0.39 is 5.92 Å². The van der Waals surface area contributed by atoms with E-state index in [9.17, 15) is 9.59 Å². The second-order valence-corrected chi connectivity index (χ2v) is 6.22. The molecule has 0 bridgehead atoms. The van der Waals surface area contributed by atoms with E-state index in [0.29, 0.717) is 18.1 Å². The SMILES string of the molecule is Cc1cc(NC(=O)[C@H]2CC(=O)N(c3cccc4ccccc34)C2)no1. The standard InChI is InChI=1S/C19H17N3O3/c1-12-9-17(21-25-12)20-19(24)14-10-18(23)22(11-14)16-8-4-6-13-5-2-3-7-15(13)16/h2-9,14H,10-11H2,1H3,(H,20,21,24)/t14-/m0/s1. The number of hydrogen-bond donors (Lipinski definition) is 1. The molecule has 25 heavy (non-hydrogen) atoms. The molecule has 1 atom stereocenters. The lowest BCUT2D eigenvalue weighted by atomic mass is 10.1. The number of rotatable bonds is 3. The van der Waals surface area contributed by atoms with Gasteiger partial charge < -0.3 is 14.7 Å². The van der Waals surface area contributed by atoms with Crippen LogP contribution in [-0.2, 0) is 9.59 Å². The molecule has 4 rings (SSSR count). The van der Waals surface area contributed by atoms with Gasteiger partial charge in [-0.1, -0.05) is 41.6 Å². The molecule has 1 aliphatic rings. The summed E-state index contributed by atoms with van der Waals surface area (Å²) in [6.45, 7) is 2.11. The molecule has 126 valence electrons. The fraction of sp³-hybridized carbons (Fsp3) is 0.211. The van der Waals surface area contributed by atoms with Crippen LogP contribution < -0.4 is 10.2 Å². The highest BCUT2D eigenvalue weighted by Gasteiger charge is 2.36. The minimum absolute atomic E-state index is 0.0483. The minimum Gasteiger partial charge on any atom is -0.360 e. The van der Waals surface area contributed by atoms with Gasteiger partial charge in [-0.15, -0.1) is 0 Å². The predicted molar refractivity (Wildman–Crippen MR) is 94.3 cm³/mol. The van der Waals surface area contributed by atoms with Gasteiger partial charge in [-0.2, -0.15) is 0 Å². The number of fused-ring (bicyclic) bond motifs is 1. The van der Waals surface area contributed by atoms with E-state index in [2.05, 4.69) is 10.5 Å². The molecular formula is C19H17N3O3. The molecule has 2 heterocycles. The van der Waals surface area contributed by atoms with Gasteiger partial charge in [0.1, 0.15) is 5.76 Å². The molecule has 0 radical (unpaired) electrons. The quantitative estimate of drug-likeness (QED) is 0.798. The van der Waals surface area contributed by atoms with Gasteiger partial charge in [-0.3, -0.25) is 9.59 Å². The minimum atomic E-state index is -0.413. The van der Waals surface area contributed by atoms with Gasteiger partial charge >= 0.3 is 0 Å². The zero-order chi connectivity index (χ0) is 17.4. The molecule has 1 aromatic heterocycles. The van der Waals surface area contributed by atoms with Crippen LogP contribution in [0.1, 0.15) is 12.2 Å². The van der Waals surface area contributed by atoms with Crippen LogP contribution in [-0.4, -0.2) is 23.5 Å². The third-order valence-corrected chi connectivity index (χ3v) is 4.43. The van der Waals surface area contributed by atoms with Gasteiger partial charge in [0, 0.05) is 24.4 Å². The molecule has 0 aliphatic carbocycles. The maximum atomic E-state index is 12.5. The van der Waals surface area contributed by atoms with E-state index in [1.807, 2.05) is 42.5 Å². The predicted octanol–water partition coefficient (Wildman–Crippen LogP) is 3.13. The largest absolute Gasteiger partial charge is 0.360 e. The number of aromatic nitrogens is 1. The lowest BCUT2D eigenvalue weighted by Crippen LogP contribution is -2.28. The van der Waals surface area contributed by atoms with Crippen molar-refractivity contribution in [3.63, 3.8) is 0 Å². The van der Waals surface area contributed by atoms with E-state index in [0.717, 1.165) is 16.5 Å². The molecule has 3 aromatic rings. The summed E-state index contributed by atoms with van der Waals surface area (Å²) in [5.41, 5.74) is 0.843. The number of aryl methyl sites for hydroxylation is 1. The number of amides is 2. The molecule has 0 spiro atoms. The van der Waals surface area contributed by atoms with E-state index in [4.69, 9.17) is 4.52 Å². The molecule has 1 aliphatic heterocycles. The van der Waals surface area contributed by atoms with Gasteiger partial charge in [-0.05, 0) is 18.4 Å². The van der Waals surface area contributed by atoms with E-state index >= 15 is 0 Å². The van der Waals surface area contributed by atoms with Crippen LogP contribution in [0.2, 0.25) is 0 Å². The van der Waals surface area contributed by atoms with Crippen LogP contribution in [0.5, 0.6) is 0 Å². The Bertz CT molecular complexity index is 958. The van der Waals surface area contributed by atoms with E-state index in [1.165, 1.54) is 0 Å². The van der Waals surface area contributed by atoms with Crippen molar-refractivity contribution >= 4 is 34.1 Å². The average molecular weight is 335 g/mol. The van der Waals surface area contributed by atoms with Gasteiger partial charge in [0.2, 0.25) is 11.8 Å². The number of anilines is 2. The highest BCUT2D eigenvalue weighted by atomic mass is 16.5. The Morgan fingerprint density at radius 1 is 1.24 bits per heavy atom. The molecule has 0 saturated carbocycles. The first-order chi connectivity index (χ1) is 12.1. The molecule has 2 aromatic carbocycles. The van der Waals surface area contributed by atoms with Gasteiger partial charge in [-0.25, -0.2) is 0 Å². The van der Waals surface area contributed by atoms with Crippen molar-refractivity contribution in [1.29, 1.82) is 0 Å². The molecule has 1 saturated heterocycles. The Morgan fingerprint density at radius 2 is 2.04 bits per heavy atom. The summed E-state index contributed by atoms with van der Waals surface area (Å²) in [6, 6.07) is 15.4. The first kappa shape index (κ1) is 15.4. The van der Waals surface area contributed by atoms with Crippen molar-refractivity contribution in [2.75, 3.05) is 16.8 Å². The fourth-order valence-corrected chi connectivity index (χ4v) is 3.21. The van der Waals surface area contributed by atoms with Crippen LogP contribution in [0.3, 0.4) is 0 Å². The summed E-state index contributed by atoms with van der Waals surface area (Å²) in [4.78, 5) is 26.6. The maximum absolute atomic E-state index is 12.5. The molecule has 6 heteroatoms. The van der Waals surface area contributed by atoms with E-state index in [1.54, 1.807) is 17.9 Å². The van der Waals surface area contributed by atoms with Crippen molar-refractivity contribution < 1.29 is 14.1 Å². The van der Waals surface area contributed by atoms with Crippen molar-refractivity contribution in [3.05, 3.63) is 54.3 Å². The zero-order valence-electron chi connectivity index (χ0n) is 13.7. The first-order valence-corrected chi connectivity index (χ1v) is 8.14. The summed E-state index contributed by atoms with van der Waals surface area (Å²) in [7, 11) is 0. The van der Waals surface area contributed by atoms with Crippen molar-refractivity contribution in [1.82, 2.24) is 5.16 Å². The lowest BCUT2D eigenvalue weighted by molar-refractivity contribution is -0.122. The Hall–Kier alpha value is -3.15. The fourth-order valence-electron chi connectivity index (χ4n) is 3.21. The van der Waals surface area contributed by atoms with Crippen LogP contribution in [0.25, 0.3) is 10.8 Å². The zero-order valence-corrected chi connectivity index (χ0v) is 13.7. The number of nitrogens with one attached hydrogen (secondary N) is 1. The molecule has 1 fully saturated rings. The Kier molecular flexibility index (Phi) is 3.72. The summed E-state index contributed by atoms with van der Waals surface area (Å²) in [5.74, 6) is 0.314. The van der Waals surface area contributed by atoms with Gasteiger partial charge in [0.25, 0.3) is 0 Å². The highest BCUT2D eigenvalue weighted by molar-refractivity contribution is 6.08. The first-order valence-electron chi connectivity index (χ1n) is 8.14. The molecule has 1 N–H and O–H groups in total. The van der Waals surface area contributed by atoms with Gasteiger partial charge in [0.05, 0.1) is 11.6 Å². The third kappa shape index (κ3) is 2.87. The smallest absolute Gasteiger partial charge is 0.231 e. The van der Waals surface area contributed by atoms with Crippen molar-refractivity contribution in [3.8, 4) is 0 Å². The van der Waals surface area contributed by atoms with Crippen LogP contribution in [0.15, 0.2) is 53.1 Å². The Labute approximate surface area is 144 Å². The monoisotopic (exact) mass is 335 g/mol. The highest BCUT2D eigenvalue weighted by Crippen LogP contribution is 2.32. The summed E-state index contributed by atoms with van der Waals surface area (Å²) in [5, 5.41) is 8.54. The number of hydrogen-bond acceptors (Lipinski definition) is 4. The molecule has 2 amide bonds. The average Bonchev–Trinajstić information content (AvgIpc) is 3.20. The Balaban J connectivity index is 1.56. The molecular weight excluding hydrogens is 318 g/mol. The third-order valence-electron chi connectivity index (χ3n) is 4.43.